The maximum Gasteiger partial charge on any atom is 0.410 e. The van der Waals surface area contributed by atoms with Crippen LogP contribution in [0.5, 0.6) is 5.75 Å². The summed E-state index contributed by atoms with van der Waals surface area (Å²) in [6.07, 6.45) is 1.58. The molecule has 166 valence electrons. The first kappa shape index (κ1) is 22.6. The van der Waals surface area contributed by atoms with Crippen LogP contribution in [0.2, 0.25) is 0 Å². The first-order valence-electron chi connectivity index (χ1n) is 10.6. The van der Waals surface area contributed by atoms with Crippen molar-refractivity contribution in [2.75, 3.05) is 19.8 Å². The molecule has 0 saturated carbocycles. The Morgan fingerprint density at radius 1 is 1.13 bits per heavy atom. The molecule has 2 aromatic carbocycles. The van der Waals surface area contributed by atoms with Gasteiger partial charge in [0, 0.05) is 18.7 Å². The molecule has 2 aromatic rings. The molecule has 0 aromatic heterocycles. The second kappa shape index (κ2) is 10.3. The Bertz CT molecular complexity index is 959. The summed E-state index contributed by atoms with van der Waals surface area (Å²) in [6, 6.07) is 8.32. The van der Waals surface area contributed by atoms with E-state index in [0.29, 0.717) is 54.2 Å². The number of ether oxygens (including phenoxy) is 2. The van der Waals surface area contributed by atoms with E-state index < -0.39 is 12.1 Å². The van der Waals surface area contributed by atoms with Gasteiger partial charge in [-0.05, 0) is 60.2 Å². The molecule has 31 heavy (non-hydrogen) atoms. The highest BCUT2D eigenvalue weighted by Crippen LogP contribution is 2.38. The number of amides is 1. The van der Waals surface area contributed by atoms with E-state index in [4.69, 9.17) is 9.47 Å². The summed E-state index contributed by atoms with van der Waals surface area (Å²) < 4.78 is 25.7. The van der Waals surface area contributed by atoms with E-state index in [1.165, 1.54) is 6.07 Å². The Hall–Kier alpha value is -3.09. The number of unbranched alkanes of at least 4 members (excludes halogenated alkanes) is 1. The number of fused-ring (bicyclic) bond motifs is 1. The van der Waals surface area contributed by atoms with E-state index in [0.717, 1.165) is 18.4 Å². The second-order valence-corrected chi connectivity index (χ2v) is 7.53. The minimum atomic E-state index is -0.933. The van der Waals surface area contributed by atoms with E-state index in [1.54, 1.807) is 29.2 Å². The van der Waals surface area contributed by atoms with Crippen molar-refractivity contribution >= 4 is 12.1 Å². The number of carbonyl (C=O) groups excluding carboxylic acids is 1. The summed E-state index contributed by atoms with van der Waals surface area (Å²) in [6.45, 7) is 5.29. The predicted molar refractivity (Wildman–Crippen MR) is 115 cm³/mol. The SMILES string of the molecule is CCCCOC(=O)N1CCc2c(F)ccc(-c3cc(CC(=O)O)ccc3OCC)c2C1. The molecule has 0 atom stereocenters. The van der Waals surface area contributed by atoms with Crippen molar-refractivity contribution in [2.24, 2.45) is 0 Å². The third-order valence-electron chi connectivity index (χ3n) is 5.33. The van der Waals surface area contributed by atoms with Crippen molar-refractivity contribution in [1.82, 2.24) is 4.90 Å². The third-order valence-corrected chi connectivity index (χ3v) is 5.33. The summed E-state index contributed by atoms with van der Waals surface area (Å²) in [5.41, 5.74) is 3.32. The van der Waals surface area contributed by atoms with Crippen LogP contribution in [0.1, 0.15) is 43.4 Å². The Labute approximate surface area is 181 Å². The smallest absolute Gasteiger partial charge is 0.410 e. The van der Waals surface area contributed by atoms with Crippen LogP contribution in [-0.4, -0.2) is 41.8 Å². The van der Waals surface area contributed by atoms with E-state index in [1.807, 2.05) is 13.8 Å². The van der Waals surface area contributed by atoms with Crippen molar-refractivity contribution < 1.29 is 28.6 Å². The fourth-order valence-corrected chi connectivity index (χ4v) is 3.79. The monoisotopic (exact) mass is 429 g/mol. The molecule has 1 heterocycles. The standard InChI is InChI=1S/C24H28FNO5/c1-3-5-12-31-24(29)26-11-10-18-20(15-26)17(7-8-21(18)25)19-13-16(14-23(27)28)6-9-22(19)30-4-2/h6-9,13H,3-5,10-12,14-15H2,1-2H3,(H,27,28). The Kier molecular flexibility index (Phi) is 7.50. The number of halogens is 1. The van der Waals surface area contributed by atoms with Crippen LogP contribution in [0.15, 0.2) is 30.3 Å². The quantitative estimate of drug-likeness (QED) is 0.609. The van der Waals surface area contributed by atoms with Gasteiger partial charge in [-0.2, -0.15) is 0 Å². The van der Waals surface area contributed by atoms with Gasteiger partial charge in [-0.15, -0.1) is 0 Å². The Balaban J connectivity index is 2.00. The van der Waals surface area contributed by atoms with Gasteiger partial charge in [0.25, 0.3) is 0 Å². The number of carboxylic acids is 1. The molecule has 0 spiro atoms. The van der Waals surface area contributed by atoms with Crippen molar-refractivity contribution in [3.05, 3.63) is 52.8 Å². The van der Waals surface area contributed by atoms with Gasteiger partial charge in [-0.1, -0.05) is 25.5 Å². The zero-order valence-electron chi connectivity index (χ0n) is 17.9. The Morgan fingerprint density at radius 3 is 2.65 bits per heavy atom. The molecule has 1 amide bonds. The summed E-state index contributed by atoms with van der Waals surface area (Å²) >= 11 is 0. The molecular weight excluding hydrogens is 401 g/mol. The van der Waals surface area contributed by atoms with Gasteiger partial charge in [-0.25, -0.2) is 9.18 Å². The minimum absolute atomic E-state index is 0.126. The molecular formula is C24H28FNO5. The van der Waals surface area contributed by atoms with Gasteiger partial charge in [0.2, 0.25) is 0 Å². The second-order valence-electron chi connectivity index (χ2n) is 7.53. The summed E-state index contributed by atoms with van der Waals surface area (Å²) in [4.78, 5) is 25.3. The van der Waals surface area contributed by atoms with Crippen LogP contribution >= 0.6 is 0 Å². The van der Waals surface area contributed by atoms with Crippen LogP contribution in [0.4, 0.5) is 9.18 Å². The van der Waals surface area contributed by atoms with E-state index in [2.05, 4.69) is 0 Å². The number of carboxylic acid groups (broad SMARTS) is 1. The molecule has 0 saturated heterocycles. The molecule has 6 nitrogen and oxygen atoms in total. The van der Waals surface area contributed by atoms with E-state index in [-0.39, 0.29) is 18.8 Å². The molecule has 0 aliphatic carbocycles. The molecule has 3 rings (SSSR count). The third kappa shape index (κ3) is 5.34. The van der Waals surface area contributed by atoms with Crippen LogP contribution in [0, 0.1) is 5.82 Å². The van der Waals surface area contributed by atoms with Gasteiger partial charge in [0.05, 0.1) is 19.6 Å². The highest BCUT2D eigenvalue weighted by atomic mass is 19.1. The largest absolute Gasteiger partial charge is 0.493 e. The maximum absolute atomic E-state index is 14.6. The molecule has 0 fully saturated rings. The van der Waals surface area contributed by atoms with Gasteiger partial charge >= 0.3 is 12.1 Å². The number of hydrogen-bond donors (Lipinski definition) is 1. The minimum Gasteiger partial charge on any atom is -0.493 e. The highest BCUT2D eigenvalue weighted by Gasteiger charge is 2.27. The number of benzene rings is 2. The number of aliphatic carboxylic acids is 1. The molecule has 0 radical (unpaired) electrons. The summed E-state index contributed by atoms with van der Waals surface area (Å²) in [7, 11) is 0. The molecule has 7 heteroatoms. The van der Waals surface area contributed by atoms with Gasteiger partial charge in [0.1, 0.15) is 11.6 Å². The zero-order valence-corrected chi connectivity index (χ0v) is 17.9. The Morgan fingerprint density at radius 2 is 1.94 bits per heavy atom. The lowest BCUT2D eigenvalue weighted by Crippen LogP contribution is -2.37. The van der Waals surface area contributed by atoms with Crippen LogP contribution in [0.3, 0.4) is 0 Å². The summed E-state index contributed by atoms with van der Waals surface area (Å²) in [5, 5.41) is 9.18. The van der Waals surface area contributed by atoms with Crippen LogP contribution < -0.4 is 4.74 Å². The van der Waals surface area contributed by atoms with Crippen molar-refractivity contribution in [3.8, 4) is 16.9 Å². The number of nitrogens with zero attached hydrogens (tertiary/aromatic N) is 1. The number of rotatable bonds is 8. The average Bonchev–Trinajstić information content (AvgIpc) is 2.75. The molecule has 0 unspecified atom stereocenters. The van der Waals surface area contributed by atoms with Crippen LogP contribution in [-0.2, 0) is 28.9 Å². The van der Waals surface area contributed by atoms with Gasteiger partial charge in [0.15, 0.2) is 0 Å². The zero-order chi connectivity index (χ0) is 22.4. The lowest BCUT2D eigenvalue weighted by Gasteiger charge is -2.30. The van der Waals surface area contributed by atoms with Gasteiger partial charge in [-0.3, -0.25) is 4.79 Å². The van der Waals surface area contributed by atoms with Crippen molar-refractivity contribution in [3.63, 3.8) is 0 Å². The molecule has 0 bridgehead atoms. The number of hydrogen-bond acceptors (Lipinski definition) is 4. The number of carbonyl (C=O) groups is 2. The van der Waals surface area contributed by atoms with Crippen molar-refractivity contribution in [2.45, 2.75) is 46.1 Å². The maximum atomic E-state index is 14.6. The summed E-state index contributed by atoms with van der Waals surface area (Å²) in [5.74, 6) is -0.650. The average molecular weight is 429 g/mol. The fourth-order valence-electron chi connectivity index (χ4n) is 3.79. The predicted octanol–water partition coefficient (Wildman–Crippen LogP) is 4.81. The van der Waals surface area contributed by atoms with Crippen LogP contribution in [0.25, 0.3) is 11.1 Å². The molecule has 1 aliphatic rings. The van der Waals surface area contributed by atoms with Gasteiger partial charge < -0.3 is 19.5 Å². The van der Waals surface area contributed by atoms with Crippen molar-refractivity contribution in [1.29, 1.82) is 0 Å². The lowest BCUT2D eigenvalue weighted by molar-refractivity contribution is -0.136. The molecule has 1 N–H and O–H groups in total. The lowest BCUT2D eigenvalue weighted by atomic mass is 9.89. The van der Waals surface area contributed by atoms with E-state index in [9.17, 15) is 19.1 Å². The normalized spacial score (nSPS) is 12.9. The first-order valence-corrected chi connectivity index (χ1v) is 10.6. The highest BCUT2D eigenvalue weighted by molar-refractivity contribution is 5.78. The first-order chi connectivity index (χ1) is 14.9. The fraction of sp³-hybridized carbons (Fsp3) is 0.417. The molecule has 1 aliphatic heterocycles. The van der Waals surface area contributed by atoms with E-state index >= 15 is 0 Å². The topological polar surface area (TPSA) is 76.1 Å².